The molecule has 10 aromatic rings. The van der Waals surface area contributed by atoms with Gasteiger partial charge in [0.25, 0.3) is 0 Å². The predicted molar refractivity (Wildman–Crippen MR) is 179 cm³/mol. The van der Waals surface area contributed by atoms with Gasteiger partial charge in [-0.2, -0.15) is 0 Å². The highest BCUT2D eigenvalue weighted by molar-refractivity contribution is 5.93. The summed E-state index contributed by atoms with van der Waals surface area (Å²) in [5.41, 5.74) is 10.2. The average molecular weight is 595 g/mol. The zero-order valence-corrected chi connectivity index (χ0v) is 24.2. The lowest BCUT2D eigenvalue weighted by atomic mass is 10.2. The smallest absolute Gasteiger partial charge is 0.220 e. The zero-order valence-electron chi connectivity index (χ0n) is 24.2. The third-order valence-electron chi connectivity index (χ3n) is 9.02. The number of rotatable bonds is 2. The Morgan fingerprint density at radius 1 is 0.370 bits per heavy atom. The number of para-hydroxylation sites is 8. The van der Waals surface area contributed by atoms with Gasteiger partial charge in [0.05, 0.1) is 55.5 Å². The summed E-state index contributed by atoms with van der Waals surface area (Å²) in [4.78, 5) is 10.1. The maximum Gasteiger partial charge on any atom is 0.220 e. The van der Waals surface area contributed by atoms with Gasteiger partial charge in [-0.15, -0.1) is 0 Å². The maximum atomic E-state index is 6.61. The van der Waals surface area contributed by atoms with Crippen LogP contribution in [-0.4, -0.2) is 27.9 Å². The van der Waals surface area contributed by atoms with Crippen molar-refractivity contribution >= 4 is 55.7 Å². The Kier molecular flexibility index (Phi) is 4.43. The van der Waals surface area contributed by atoms with Crippen LogP contribution in [0, 0.1) is 0 Å². The molecule has 0 fully saturated rings. The second-order valence-electron chi connectivity index (χ2n) is 11.6. The molecule has 0 spiro atoms. The first-order valence-corrected chi connectivity index (χ1v) is 15.2. The fraction of sp³-hybridized carbons (Fsp3) is 0. The second-order valence-corrected chi connectivity index (χ2v) is 11.6. The van der Waals surface area contributed by atoms with E-state index in [4.69, 9.17) is 19.4 Å². The van der Waals surface area contributed by atoms with E-state index in [1.54, 1.807) is 0 Å². The van der Waals surface area contributed by atoms with E-state index in [0.29, 0.717) is 23.0 Å². The molecule has 1 aliphatic heterocycles. The molecule has 0 saturated heterocycles. The number of aromatic nitrogens is 6. The van der Waals surface area contributed by atoms with Crippen molar-refractivity contribution in [1.29, 1.82) is 0 Å². The molecule has 6 aromatic carbocycles. The highest BCUT2D eigenvalue weighted by Gasteiger charge is 2.24. The van der Waals surface area contributed by atoms with Crippen LogP contribution in [0.2, 0.25) is 0 Å². The SMILES string of the molecule is c1ccc2c(c1)nc1n(-c3ccc4c(c3)Oc3cc(-n5c6ccccc6n6c7ccccc7nc56)ccc3O4)c3ccccc3n21. The first-order valence-electron chi connectivity index (χ1n) is 15.2. The van der Waals surface area contributed by atoms with Crippen LogP contribution >= 0.6 is 0 Å². The molecular weight excluding hydrogens is 572 g/mol. The summed E-state index contributed by atoms with van der Waals surface area (Å²) in [6, 6.07) is 45.3. The maximum absolute atomic E-state index is 6.61. The summed E-state index contributed by atoms with van der Waals surface area (Å²) in [6.45, 7) is 0. The van der Waals surface area contributed by atoms with Crippen LogP contribution in [0.5, 0.6) is 23.0 Å². The molecule has 0 aliphatic carbocycles. The van der Waals surface area contributed by atoms with E-state index >= 15 is 0 Å². The highest BCUT2D eigenvalue weighted by Crippen LogP contribution is 2.47. The molecule has 1 aliphatic rings. The van der Waals surface area contributed by atoms with Crippen LogP contribution in [-0.2, 0) is 0 Å². The molecule has 11 rings (SSSR count). The van der Waals surface area contributed by atoms with Gasteiger partial charge in [-0.1, -0.05) is 48.5 Å². The Hall–Kier alpha value is -6.54. The molecule has 0 bridgehead atoms. The second kappa shape index (κ2) is 8.55. The lowest BCUT2D eigenvalue weighted by molar-refractivity contribution is 0.359. The van der Waals surface area contributed by atoms with Gasteiger partial charge in [-0.25, -0.2) is 9.97 Å². The van der Waals surface area contributed by atoms with Gasteiger partial charge in [0.1, 0.15) is 0 Å². The van der Waals surface area contributed by atoms with E-state index in [1.807, 2.05) is 48.5 Å². The van der Waals surface area contributed by atoms with Crippen molar-refractivity contribution in [3.63, 3.8) is 0 Å². The van der Waals surface area contributed by atoms with Crippen molar-refractivity contribution in [2.45, 2.75) is 0 Å². The van der Waals surface area contributed by atoms with Gasteiger partial charge in [-0.3, -0.25) is 17.9 Å². The molecule has 0 N–H and O–H groups in total. The molecule has 5 heterocycles. The van der Waals surface area contributed by atoms with Crippen molar-refractivity contribution in [1.82, 2.24) is 27.9 Å². The molecule has 0 amide bonds. The monoisotopic (exact) mass is 594 g/mol. The first kappa shape index (κ1) is 23.9. The van der Waals surface area contributed by atoms with E-state index in [9.17, 15) is 0 Å². The van der Waals surface area contributed by atoms with E-state index in [-0.39, 0.29) is 0 Å². The van der Waals surface area contributed by atoms with E-state index in [2.05, 4.69) is 103 Å². The number of hydrogen-bond acceptors (Lipinski definition) is 4. The van der Waals surface area contributed by atoms with E-state index in [0.717, 1.165) is 67.1 Å². The van der Waals surface area contributed by atoms with Gasteiger partial charge in [0, 0.05) is 12.1 Å². The Morgan fingerprint density at radius 3 is 1.24 bits per heavy atom. The summed E-state index contributed by atoms with van der Waals surface area (Å²) in [7, 11) is 0. The van der Waals surface area contributed by atoms with E-state index < -0.39 is 0 Å². The predicted octanol–water partition coefficient (Wildman–Crippen LogP) is 9.07. The van der Waals surface area contributed by atoms with Crippen LogP contribution in [0.4, 0.5) is 0 Å². The molecule has 0 saturated carbocycles. The standard InChI is InChI=1S/C38H22N6O2/c1-3-11-27-25(9-1)39-37-41(29-13-5-7-15-31(29)43(27)37)23-17-19-33-35(21-23)46-36-22-24(18-20-34(36)45-33)42-30-14-6-8-16-32(30)44-28-12-4-2-10-26(28)40-38(42)44/h1-22H. The Bertz CT molecular complexity index is 2690. The van der Waals surface area contributed by atoms with Crippen molar-refractivity contribution in [2.75, 3.05) is 0 Å². The van der Waals surface area contributed by atoms with Crippen molar-refractivity contribution in [2.24, 2.45) is 0 Å². The lowest BCUT2D eigenvalue weighted by Crippen LogP contribution is -2.03. The van der Waals surface area contributed by atoms with Gasteiger partial charge < -0.3 is 9.47 Å². The Balaban J connectivity index is 1.07. The summed E-state index contributed by atoms with van der Waals surface area (Å²) in [5.74, 6) is 4.30. The third-order valence-corrected chi connectivity index (χ3v) is 9.02. The summed E-state index contributed by atoms with van der Waals surface area (Å²) >= 11 is 0. The molecular formula is C38H22N6O2. The number of hydrogen-bond donors (Lipinski definition) is 0. The molecule has 8 nitrogen and oxygen atoms in total. The summed E-state index contributed by atoms with van der Waals surface area (Å²) in [5, 5.41) is 0. The Labute approximate surface area is 260 Å². The minimum Gasteiger partial charge on any atom is -0.450 e. The first-order chi connectivity index (χ1) is 22.8. The molecule has 216 valence electrons. The largest absolute Gasteiger partial charge is 0.450 e. The molecule has 0 radical (unpaired) electrons. The minimum atomic E-state index is 0.642. The number of benzene rings is 6. The van der Waals surface area contributed by atoms with Crippen molar-refractivity contribution in [3.05, 3.63) is 133 Å². The number of fused-ring (bicyclic) bond motifs is 12. The number of imidazole rings is 4. The number of ether oxygens (including phenoxy) is 2. The third kappa shape index (κ3) is 3.07. The quantitative estimate of drug-likeness (QED) is 0.200. The minimum absolute atomic E-state index is 0.642. The molecule has 8 heteroatoms. The Morgan fingerprint density at radius 2 is 0.761 bits per heavy atom. The fourth-order valence-electron chi connectivity index (χ4n) is 7.05. The molecule has 0 unspecified atom stereocenters. The highest BCUT2D eigenvalue weighted by atomic mass is 16.6. The van der Waals surface area contributed by atoms with Crippen LogP contribution in [0.3, 0.4) is 0 Å². The van der Waals surface area contributed by atoms with Gasteiger partial charge in [-0.05, 0) is 72.8 Å². The van der Waals surface area contributed by atoms with Gasteiger partial charge >= 0.3 is 0 Å². The lowest BCUT2D eigenvalue weighted by Gasteiger charge is -2.22. The summed E-state index contributed by atoms with van der Waals surface area (Å²) < 4.78 is 21.8. The van der Waals surface area contributed by atoms with Crippen LogP contribution < -0.4 is 9.47 Å². The van der Waals surface area contributed by atoms with Crippen LogP contribution in [0.15, 0.2) is 133 Å². The molecule has 0 atom stereocenters. The van der Waals surface area contributed by atoms with Gasteiger partial charge in [0.2, 0.25) is 11.6 Å². The molecule has 46 heavy (non-hydrogen) atoms. The molecule has 4 aromatic heterocycles. The van der Waals surface area contributed by atoms with Crippen LogP contribution in [0.1, 0.15) is 0 Å². The van der Waals surface area contributed by atoms with Crippen molar-refractivity contribution in [3.8, 4) is 34.4 Å². The van der Waals surface area contributed by atoms with Crippen LogP contribution in [0.25, 0.3) is 67.1 Å². The number of nitrogens with zero attached hydrogens (tertiary/aromatic N) is 6. The zero-order chi connectivity index (χ0) is 29.9. The topological polar surface area (TPSA) is 62.9 Å². The fourth-order valence-corrected chi connectivity index (χ4v) is 7.05. The van der Waals surface area contributed by atoms with Gasteiger partial charge in [0.15, 0.2) is 23.0 Å². The summed E-state index contributed by atoms with van der Waals surface area (Å²) in [6.07, 6.45) is 0. The normalized spacial score (nSPS) is 12.7. The van der Waals surface area contributed by atoms with E-state index in [1.165, 1.54) is 0 Å². The van der Waals surface area contributed by atoms with Crippen molar-refractivity contribution < 1.29 is 9.47 Å². The average Bonchev–Trinajstić information content (AvgIpc) is 3.83.